The van der Waals surface area contributed by atoms with Crippen LogP contribution in [0.5, 0.6) is 0 Å². The SMILES string of the molecule is CC(C)[C@@H](C)/C=C/[C@@H](C)[C@H]1CC[C@H]2[C@@H]3CCC4=CC(=O)CC[C@]4(C)[C@@H]3CC[C@]12C. The van der Waals surface area contributed by atoms with Crippen molar-refractivity contribution in [2.24, 2.45) is 52.3 Å². The van der Waals surface area contributed by atoms with Crippen LogP contribution >= 0.6 is 0 Å². The Morgan fingerprint density at radius 2 is 1.69 bits per heavy atom. The summed E-state index contributed by atoms with van der Waals surface area (Å²) in [6, 6.07) is 0. The quantitative estimate of drug-likeness (QED) is 0.447. The maximum atomic E-state index is 12.0. The van der Waals surface area contributed by atoms with Crippen molar-refractivity contribution in [1.82, 2.24) is 0 Å². The molecule has 8 atom stereocenters. The molecule has 0 aliphatic heterocycles. The maximum absolute atomic E-state index is 12.0. The van der Waals surface area contributed by atoms with Gasteiger partial charge >= 0.3 is 0 Å². The predicted molar refractivity (Wildman–Crippen MR) is 123 cm³/mol. The van der Waals surface area contributed by atoms with Crippen LogP contribution < -0.4 is 0 Å². The third-order valence-corrected chi connectivity index (χ3v) is 10.4. The minimum Gasteiger partial charge on any atom is -0.295 e. The van der Waals surface area contributed by atoms with Gasteiger partial charge < -0.3 is 0 Å². The van der Waals surface area contributed by atoms with Gasteiger partial charge in [0.2, 0.25) is 0 Å². The smallest absolute Gasteiger partial charge is 0.155 e. The van der Waals surface area contributed by atoms with Crippen molar-refractivity contribution in [3.05, 3.63) is 23.8 Å². The van der Waals surface area contributed by atoms with E-state index in [-0.39, 0.29) is 0 Å². The van der Waals surface area contributed by atoms with Crippen LogP contribution in [-0.2, 0) is 4.79 Å². The molecule has 1 heteroatoms. The molecule has 0 spiro atoms. The molecule has 0 N–H and O–H groups in total. The molecule has 3 saturated carbocycles. The highest BCUT2D eigenvalue weighted by Crippen LogP contribution is 2.67. The second-order valence-corrected chi connectivity index (χ2v) is 12.0. The molecule has 0 unspecified atom stereocenters. The molecule has 4 aliphatic rings. The third-order valence-electron chi connectivity index (χ3n) is 10.4. The second-order valence-electron chi connectivity index (χ2n) is 12.0. The van der Waals surface area contributed by atoms with E-state index >= 15 is 0 Å². The largest absolute Gasteiger partial charge is 0.295 e. The first kappa shape index (κ1) is 21.4. The zero-order valence-electron chi connectivity index (χ0n) is 19.8. The molecule has 0 aromatic heterocycles. The van der Waals surface area contributed by atoms with E-state index in [9.17, 15) is 4.79 Å². The highest BCUT2D eigenvalue weighted by atomic mass is 16.1. The normalized spacial score (nSPS) is 44.2. The van der Waals surface area contributed by atoms with Crippen LogP contribution in [0.4, 0.5) is 0 Å². The van der Waals surface area contributed by atoms with E-state index in [1.54, 1.807) is 0 Å². The molecule has 0 bridgehead atoms. The maximum Gasteiger partial charge on any atom is 0.155 e. The third kappa shape index (κ3) is 3.49. The average Bonchev–Trinajstić information content (AvgIpc) is 3.03. The van der Waals surface area contributed by atoms with Gasteiger partial charge in [0.15, 0.2) is 5.78 Å². The summed E-state index contributed by atoms with van der Waals surface area (Å²) in [5.41, 5.74) is 2.34. The molecule has 0 radical (unpaired) electrons. The molecule has 0 amide bonds. The van der Waals surface area contributed by atoms with Gasteiger partial charge in [-0.05, 0) is 103 Å². The van der Waals surface area contributed by atoms with Crippen molar-refractivity contribution >= 4 is 5.78 Å². The molecule has 29 heavy (non-hydrogen) atoms. The van der Waals surface area contributed by atoms with E-state index in [2.05, 4.69) is 53.7 Å². The Kier molecular flexibility index (Phi) is 5.67. The van der Waals surface area contributed by atoms with Crippen molar-refractivity contribution in [3.63, 3.8) is 0 Å². The number of carbonyl (C=O) groups is 1. The first-order chi connectivity index (χ1) is 13.7. The summed E-state index contributed by atoms with van der Waals surface area (Å²) in [5.74, 6) is 5.95. The van der Waals surface area contributed by atoms with Gasteiger partial charge in [-0.15, -0.1) is 0 Å². The van der Waals surface area contributed by atoms with E-state index in [4.69, 9.17) is 0 Å². The summed E-state index contributed by atoms with van der Waals surface area (Å²) >= 11 is 0. The monoisotopic (exact) mass is 396 g/mol. The number of allylic oxidation sites excluding steroid dienone is 3. The van der Waals surface area contributed by atoms with E-state index in [0.29, 0.717) is 28.4 Å². The van der Waals surface area contributed by atoms with Crippen LogP contribution in [0.3, 0.4) is 0 Å². The Labute approximate surface area is 179 Å². The number of rotatable bonds is 4. The van der Waals surface area contributed by atoms with Gasteiger partial charge in [-0.2, -0.15) is 0 Å². The van der Waals surface area contributed by atoms with Crippen molar-refractivity contribution in [2.45, 2.75) is 92.9 Å². The molecule has 0 saturated heterocycles. The molecular weight excluding hydrogens is 352 g/mol. The fourth-order valence-electron chi connectivity index (χ4n) is 8.17. The molecule has 4 aliphatic carbocycles. The average molecular weight is 397 g/mol. The molecular formula is C28H44O. The van der Waals surface area contributed by atoms with Crippen LogP contribution in [-0.4, -0.2) is 5.78 Å². The zero-order valence-corrected chi connectivity index (χ0v) is 19.8. The lowest BCUT2D eigenvalue weighted by molar-refractivity contribution is -0.117. The van der Waals surface area contributed by atoms with Crippen molar-refractivity contribution < 1.29 is 4.79 Å². The first-order valence-corrected chi connectivity index (χ1v) is 12.6. The second kappa shape index (κ2) is 7.69. The summed E-state index contributed by atoms with van der Waals surface area (Å²) in [5, 5.41) is 0. The summed E-state index contributed by atoms with van der Waals surface area (Å²) in [6.07, 6.45) is 17.2. The number of carbonyl (C=O) groups excluding carboxylic acids is 1. The van der Waals surface area contributed by atoms with E-state index in [0.717, 1.165) is 42.4 Å². The topological polar surface area (TPSA) is 17.1 Å². The lowest BCUT2D eigenvalue weighted by Crippen LogP contribution is -2.50. The van der Waals surface area contributed by atoms with Gasteiger partial charge in [-0.1, -0.05) is 59.3 Å². The summed E-state index contributed by atoms with van der Waals surface area (Å²) < 4.78 is 0. The summed E-state index contributed by atoms with van der Waals surface area (Å²) in [4.78, 5) is 12.0. The molecule has 3 fully saturated rings. The molecule has 0 aromatic rings. The minimum absolute atomic E-state index is 0.314. The van der Waals surface area contributed by atoms with Gasteiger partial charge in [-0.25, -0.2) is 0 Å². The van der Waals surface area contributed by atoms with Crippen molar-refractivity contribution in [1.29, 1.82) is 0 Å². The van der Waals surface area contributed by atoms with Crippen LogP contribution in [0.1, 0.15) is 92.9 Å². The number of ketones is 1. The van der Waals surface area contributed by atoms with Crippen LogP contribution in [0.25, 0.3) is 0 Å². The van der Waals surface area contributed by atoms with Crippen LogP contribution in [0, 0.1) is 52.3 Å². The van der Waals surface area contributed by atoms with Crippen molar-refractivity contribution in [2.75, 3.05) is 0 Å². The van der Waals surface area contributed by atoms with E-state index in [1.165, 1.54) is 44.1 Å². The van der Waals surface area contributed by atoms with Crippen LogP contribution in [0.15, 0.2) is 23.8 Å². The molecule has 162 valence electrons. The molecule has 0 aromatic carbocycles. The molecule has 4 rings (SSSR count). The lowest BCUT2D eigenvalue weighted by atomic mass is 9.46. The Morgan fingerprint density at radius 1 is 0.931 bits per heavy atom. The molecule has 0 heterocycles. The lowest BCUT2D eigenvalue weighted by Gasteiger charge is -2.58. The Balaban J connectivity index is 1.53. The highest BCUT2D eigenvalue weighted by molar-refractivity contribution is 5.91. The summed E-state index contributed by atoms with van der Waals surface area (Å²) in [7, 11) is 0. The Morgan fingerprint density at radius 3 is 2.41 bits per heavy atom. The zero-order chi connectivity index (χ0) is 21.0. The van der Waals surface area contributed by atoms with E-state index < -0.39 is 0 Å². The Bertz CT molecular complexity index is 699. The van der Waals surface area contributed by atoms with Gasteiger partial charge in [0.1, 0.15) is 0 Å². The number of hydrogen-bond donors (Lipinski definition) is 0. The standard InChI is InChI=1S/C28H44O/c1-18(2)19(3)7-8-20(4)24-11-12-25-23-10-9-21-17-22(29)13-15-27(21,5)26(23)14-16-28(24,25)6/h7-8,17-20,23-26H,9-16H2,1-6H3/b8-7+/t19-,20+,23-,24+,25-,26+,27-,28+/m0/s1. The fourth-order valence-corrected chi connectivity index (χ4v) is 8.17. The predicted octanol–water partition coefficient (Wildman–Crippen LogP) is 7.62. The molecule has 1 nitrogen and oxygen atoms in total. The minimum atomic E-state index is 0.314. The van der Waals surface area contributed by atoms with Crippen molar-refractivity contribution in [3.8, 4) is 0 Å². The van der Waals surface area contributed by atoms with E-state index in [1.807, 2.05) is 6.08 Å². The summed E-state index contributed by atoms with van der Waals surface area (Å²) in [6.45, 7) is 14.7. The first-order valence-electron chi connectivity index (χ1n) is 12.6. The van der Waals surface area contributed by atoms with Crippen LogP contribution in [0.2, 0.25) is 0 Å². The van der Waals surface area contributed by atoms with Gasteiger partial charge in [0.25, 0.3) is 0 Å². The highest BCUT2D eigenvalue weighted by Gasteiger charge is 2.59. The fraction of sp³-hybridized carbons (Fsp3) is 0.821. The van der Waals surface area contributed by atoms with Gasteiger partial charge in [0.05, 0.1) is 0 Å². The van der Waals surface area contributed by atoms with Gasteiger partial charge in [-0.3, -0.25) is 4.79 Å². The van der Waals surface area contributed by atoms with Gasteiger partial charge in [0, 0.05) is 6.42 Å². The number of fused-ring (bicyclic) bond motifs is 5. The number of hydrogen-bond acceptors (Lipinski definition) is 1. The Hall–Kier alpha value is -0.850.